The van der Waals surface area contributed by atoms with E-state index in [1.807, 2.05) is 12.1 Å². The fourth-order valence-corrected chi connectivity index (χ4v) is 2.46. The summed E-state index contributed by atoms with van der Waals surface area (Å²) < 4.78 is 4.69. The summed E-state index contributed by atoms with van der Waals surface area (Å²) >= 11 is 0. The molecule has 0 spiro atoms. The molecule has 5 nitrogen and oxygen atoms in total. The van der Waals surface area contributed by atoms with Crippen LogP contribution in [0.5, 0.6) is 5.75 Å². The van der Waals surface area contributed by atoms with E-state index in [1.165, 1.54) is 12.5 Å². The van der Waals surface area contributed by atoms with Crippen LogP contribution in [0, 0.1) is 5.92 Å². The van der Waals surface area contributed by atoms with Crippen molar-refractivity contribution in [3.63, 3.8) is 0 Å². The summed E-state index contributed by atoms with van der Waals surface area (Å²) in [5, 5.41) is 15.7. The van der Waals surface area contributed by atoms with Crippen LogP contribution >= 0.6 is 0 Å². The lowest BCUT2D eigenvalue weighted by molar-refractivity contribution is -0.116. The van der Waals surface area contributed by atoms with E-state index < -0.39 is 0 Å². The second-order valence-electron chi connectivity index (χ2n) is 5.20. The minimum absolute atomic E-state index is 0.0434. The van der Waals surface area contributed by atoms with Crippen LogP contribution < -0.4 is 5.32 Å². The number of nitrogens with one attached hydrogen (secondary N) is 1. The summed E-state index contributed by atoms with van der Waals surface area (Å²) in [5.41, 5.74) is 1.68. The molecule has 1 unspecified atom stereocenters. The van der Waals surface area contributed by atoms with Gasteiger partial charge in [-0.15, -0.1) is 0 Å². The number of nitrogens with zero attached hydrogens (tertiary/aromatic N) is 1. The van der Waals surface area contributed by atoms with E-state index in [-0.39, 0.29) is 17.6 Å². The molecule has 3 rings (SSSR count). The first kappa shape index (κ1) is 12.7. The zero-order valence-corrected chi connectivity index (χ0v) is 11.0. The van der Waals surface area contributed by atoms with Crippen LogP contribution in [0.2, 0.25) is 0 Å². The van der Waals surface area contributed by atoms with Gasteiger partial charge in [0.2, 0.25) is 5.91 Å². The lowest BCUT2D eigenvalue weighted by atomic mass is 9.90. The maximum absolute atomic E-state index is 12.1. The number of benzene rings is 1. The number of amides is 1. The Morgan fingerprint density at radius 3 is 2.75 bits per heavy atom. The third-order valence-corrected chi connectivity index (χ3v) is 3.63. The third-order valence-electron chi connectivity index (χ3n) is 3.63. The molecule has 0 bridgehead atoms. The van der Waals surface area contributed by atoms with Gasteiger partial charge in [0.05, 0.1) is 6.20 Å². The van der Waals surface area contributed by atoms with Crippen LogP contribution in [0.4, 0.5) is 5.69 Å². The second kappa shape index (κ2) is 5.36. The van der Waals surface area contributed by atoms with Crippen molar-refractivity contribution in [3.05, 3.63) is 42.3 Å². The van der Waals surface area contributed by atoms with Gasteiger partial charge in [0, 0.05) is 6.42 Å². The molecular weight excluding hydrogens is 256 g/mol. The molecule has 1 fully saturated rings. The first-order valence-corrected chi connectivity index (χ1v) is 6.70. The molecule has 5 heteroatoms. The average molecular weight is 272 g/mol. The van der Waals surface area contributed by atoms with Gasteiger partial charge in [-0.3, -0.25) is 4.79 Å². The molecule has 1 aliphatic rings. The van der Waals surface area contributed by atoms with E-state index in [1.54, 1.807) is 12.1 Å². The molecule has 1 heterocycles. The van der Waals surface area contributed by atoms with Crippen LogP contribution in [0.3, 0.4) is 0 Å². The number of phenolic OH excluding ortho intramolecular Hbond substituents is 1. The number of hydrogen-bond acceptors (Lipinski definition) is 4. The Balaban J connectivity index is 1.68. The first-order valence-electron chi connectivity index (χ1n) is 6.70. The Morgan fingerprint density at radius 1 is 1.40 bits per heavy atom. The minimum Gasteiger partial charge on any atom is -0.508 e. The number of hydrogen-bond donors (Lipinski definition) is 2. The predicted octanol–water partition coefficient (Wildman–Crippen LogP) is 2.90. The standard InChI is InChI=1S/C15H16N2O3/c18-13-5-3-11(4-6-13)14(10-1-2-10)7-15(19)17-12-8-16-20-9-12/h3-6,8-10,14,18H,1-2,7H2,(H,17,19). The molecule has 1 atom stereocenters. The zero-order chi connectivity index (χ0) is 13.9. The lowest BCUT2D eigenvalue weighted by Crippen LogP contribution is -2.16. The van der Waals surface area contributed by atoms with Crippen molar-refractivity contribution in [2.45, 2.75) is 25.2 Å². The Bertz CT molecular complexity index is 574. The predicted molar refractivity (Wildman–Crippen MR) is 73.3 cm³/mol. The van der Waals surface area contributed by atoms with Gasteiger partial charge in [0.15, 0.2) is 0 Å². The smallest absolute Gasteiger partial charge is 0.225 e. The summed E-state index contributed by atoms with van der Waals surface area (Å²) in [4.78, 5) is 12.1. The molecule has 1 amide bonds. The van der Waals surface area contributed by atoms with Crippen molar-refractivity contribution in [3.8, 4) is 5.75 Å². The number of aromatic hydroxyl groups is 1. The minimum atomic E-state index is -0.0434. The summed E-state index contributed by atoms with van der Waals surface area (Å²) in [6.07, 6.45) is 5.63. The molecular formula is C15H16N2O3. The number of anilines is 1. The van der Waals surface area contributed by atoms with Crippen molar-refractivity contribution >= 4 is 11.6 Å². The Kier molecular flexibility index (Phi) is 3.41. The molecule has 104 valence electrons. The van der Waals surface area contributed by atoms with Gasteiger partial charge < -0.3 is 14.9 Å². The van der Waals surface area contributed by atoms with Crippen LogP contribution in [0.1, 0.15) is 30.7 Å². The zero-order valence-electron chi connectivity index (χ0n) is 11.0. The van der Waals surface area contributed by atoms with Crippen LogP contribution in [-0.4, -0.2) is 16.2 Å². The van der Waals surface area contributed by atoms with Gasteiger partial charge in [-0.2, -0.15) is 0 Å². The largest absolute Gasteiger partial charge is 0.508 e. The third kappa shape index (κ3) is 2.99. The molecule has 0 saturated heterocycles. The number of carbonyl (C=O) groups is 1. The Hall–Kier alpha value is -2.30. The van der Waals surface area contributed by atoms with Crippen molar-refractivity contribution in [2.75, 3.05) is 5.32 Å². The Labute approximate surface area is 116 Å². The SMILES string of the molecule is O=C(CC(c1ccc(O)cc1)C1CC1)Nc1cnoc1. The van der Waals surface area contributed by atoms with E-state index in [2.05, 4.69) is 15.0 Å². The van der Waals surface area contributed by atoms with Gasteiger partial charge in [0.25, 0.3) is 0 Å². The second-order valence-corrected chi connectivity index (χ2v) is 5.20. The summed E-state index contributed by atoms with van der Waals surface area (Å²) in [6, 6.07) is 7.13. The van der Waals surface area contributed by atoms with Crippen LogP contribution in [-0.2, 0) is 4.79 Å². The highest BCUT2D eigenvalue weighted by atomic mass is 16.5. The monoisotopic (exact) mass is 272 g/mol. The number of aromatic nitrogens is 1. The van der Waals surface area contributed by atoms with E-state index in [0.717, 1.165) is 18.4 Å². The Morgan fingerprint density at radius 2 is 2.15 bits per heavy atom. The summed E-state index contributed by atoms with van der Waals surface area (Å²) in [6.45, 7) is 0. The molecule has 1 saturated carbocycles. The first-order chi connectivity index (χ1) is 9.72. The molecule has 2 aromatic rings. The van der Waals surface area contributed by atoms with Crippen LogP contribution in [0.15, 0.2) is 41.2 Å². The van der Waals surface area contributed by atoms with Gasteiger partial charge in [0.1, 0.15) is 17.7 Å². The van der Waals surface area contributed by atoms with Gasteiger partial charge in [-0.25, -0.2) is 0 Å². The lowest BCUT2D eigenvalue weighted by Gasteiger charge is -2.16. The van der Waals surface area contributed by atoms with E-state index in [4.69, 9.17) is 0 Å². The fourth-order valence-electron chi connectivity index (χ4n) is 2.46. The molecule has 20 heavy (non-hydrogen) atoms. The number of carbonyl (C=O) groups excluding carboxylic acids is 1. The van der Waals surface area contributed by atoms with Gasteiger partial charge >= 0.3 is 0 Å². The topological polar surface area (TPSA) is 75.4 Å². The summed E-state index contributed by atoms with van der Waals surface area (Å²) in [5.74, 6) is 0.971. The molecule has 0 aliphatic heterocycles. The molecule has 1 aromatic carbocycles. The van der Waals surface area contributed by atoms with Crippen molar-refractivity contribution in [2.24, 2.45) is 5.92 Å². The normalized spacial score (nSPS) is 15.8. The highest BCUT2D eigenvalue weighted by Crippen LogP contribution is 2.44. The quantitative estimate of drug-likeness (QED) is 0.877. The van der Waals surface area contributed by atoms with Crippen molar-refractivity contribution in [1.29, 1.82) is 0 Å². The van der Waals surface area contributed by atoms with Crippen molar-refractivity contribution in [1.82, 2.24) is 5.16 Å². The highest BCUT2D eigenvalue weighted by Gasteiger charge is 2.33. The molecule has 0 radical (unpaired) electrons. The highest BCUT2D eigenvalue weighted by molar-refractivity contribution is 5.90. The van der Waals surface area contributed by atoms with E-state index in [0.29, 0.717) is 18.0 Å². The fraction of sp³-hybridized carbons (Fsp3) is 0.333. The van der Waals surface area contributed by atoms with E-state index in [9.17, 15) is 9.90 Å². The average Bonchev–Trinajstić information content (AvgIpc) is 3.16. The van der Waals surface area contributed by atoms with Crippen LogP contribution in [0.25, 0.3) is 0 Å². The van der Waals surface area contributed by atoms with E-state index >= 15 is 0 Å². The number of rotatable bonds is 5. The molecule has 1 aromatic heterocycles. The molecule has 1 aliphatic carbocycles. The maximum atomic E-state index is 12.1. The van der Waals surface area contributed by atoms with Crippen molar-refractivity contribution < 1.29 is 14.4 Å². The van der Waals surface area contributed by atoms with Gasteiger partial charge in [-0.05, 0) is 42.4 Å². The molecule has 2 N–H and O–H groups in total. The summed E-state index contributed by atoms with van der Waals surface area (Å²) in [7, 11) is 0. The number of phenols is 1. The maximum Gasteiger partial charge on any atom is 0.225 e. The van der Waals surface area contributed by atoms with Gasteiger partial charge in [-0.1, -0.05) is 17.3 Å².